The molecule has 1 aliphatic rings. The van der Waals surface area contributed by atoms with Gasteiger partial charge in [-0.2, -0.15) is 4.98 Å². The Morgan fingerprint density at radius 1 is 1.35 bits per heavy atom. The number of hydrogen-bond acceptors (Lipinski definition) is 7. The maximum absolute atomic E-state index is 12.4. The van der Waals surface area contributed by atoms with E-state index >= 15 is 0 Å². The number of sulfonamides is 1. The van der Waals surface area contributed by atoms with Crippen molar-refractivity contribution in [3.05, 3.63) is 41.0 Å². The van der Waals surface area contributed by atoms with E-state index in [0.29, 0.717) is 18.1 Å². The highest BCUT2D eigenvalue weighted by atomic mass is 32.2. The molecule has 0 bridgehead atoms. The lowest BCUT2D eigenvalue weighted by atomic mass is 10.1. The molecule has 1 fully saturated rings. The third-order valence-electron chi connectivity index (χ3n) is 4.71. The molecule has 1 atom stereocenters. The van der Waals surface area contributed by atoms with Gasteiger partial charge in [-0.25, -0.2) is 13.1 Å². The van der Waals surface area contributed by atoms with Crippen molar-refractivity contribution in [3.8, 4) is 0 Å². The zero-order chi connectivity index (χ0) is 18.7. The number of benzene rings is 1. The molecule has 0 amide bonds. The zero-order valence-electron chi connectivity index (χ0n) is 15.3. The molecular weight excluding hydrogens is 354 g/mol. The second kappa shape index (κ2) is 7.83. The van der Waals surface area contributed by atoms with Crippen LogP contribution in [0.2, 0.25) is 0 Å². The number of piperazine rings is 1. The number of aryl methyl sites for hydroxylation is 2. The Bertz CT molecular complexity index is 865. The summed E-state index contributed by atoms with van der Waals surface area (Å²) in [6.45, 7) is 6.68. The summed E-state index contributed by atoms with van der Waals surface area (Å²) in [6.07, 6.45) is 0.348. The fourth-order valence-corrected chi connectivity index (χ4v) is 3.97. The van der Waals surface area contributed by atoms with Gasteiger partial charge in [0, 0.05) is 32.6 Å². The molecule has 142 valence electrons. The van der Waals surface area contributed by atoms with Crippen LogP contribution in [0.25, 0.3) is 0 Å². The molecule has 2 N–H and O–H groups in total. The molecule has 1 aromatic carbocycles. The van der Waals surface area contributed by atoms with Crippen molar-refractivity contribution >= 4 is 10.0 Å². The van der Waals surface area contributed by atoms with Crippen LogP contribution in [0, 0.1) is 13.8 Å². The first-order chi connectivity index (χ1) is 12.4. The monoisotopic (exact) mass is 379 g/mol. The molecule has 0 radical (unpaired) electrons. The summed E-state index contributed by atoms with van der Waals surface area (Å²) in [6, 6.07) is 5.17. The van der Waals surface area contributed by atoms with Crippen LogP contribution in [0.4, 0.5) is 0 Å². The average molecular weight is 379 g/mol. The maximum atomic E-state index is 12.4. The van der Waals surface area contributed by atoms with E-state index < -0.39 is 10.0 Å². The van der Waals surface area contributed by atoms with Crippen molar-refractivity contribution < 1.29 is 12.9 Å². The number of likely N-dealkylation sites (N-methyl/N-ethyl adjacent to an activating group) is 1. The molecule has 0 spiro atoms. The highest BCUT2D eigenvalue weighted by molar-refractivity contribution is 7.89. The van der Waals surface area contributed by atoms with Crippen LogP contribution >= 0.6 is 0 Å². The Labute approximate surface area is 154 Å². The molecule has 0 saturated carbocycles. The Kier molecular flexibility index (Phi) is 5.71. The van der Waals surface area contributed by atoms with E-state index in [4.69, 9.17) is 4.52 Å². The van der Waals surface area contributed by atoms with Crippen LogP contribution in [0.1, 0.15) is 28.9 Å². The van der Waals surface area contributed by atoms with Crippen molar-refractivity contribution in [1.82, 2.24) is 25.1 Å². The van der Waals surface area contributed by atoms with E-state index in [1.165, 1.54) is 0 Å². The van der Waals surface area contributed by atoms with E-state index in [1.54, 1.807) is 12.1 Å². The fraction of sp³-hybridized carbons (Fsp3) is 0.529. The van der Waals surface area contributed by atoms with Crippen LogP contribution in [0.5, 0.6) is 0 Å². The molecule has 2 heterocycles. The topological polar surface area (TPSA) is 100 Å². The van der Waals surface area contributed by atoms with Crippen LogP contribution < -0.4 is 10.0 Å². The minimum Gasteiger partial charge on any atom is -0.339 e. The minimum absolute atomic E-state index is 0.0773. The van der Waals surface area contributed by atoms with Gasteiger partial charge in [-0.3, -0.25) is 4.90 Å². The van der Waals surface area contributed by atoms with Crippen molar-refractivity contribution in [2.75, 3.05) is 33.2 Å². The highest BCUT2D eigenvalue weighted by Gasteiger charge is 2.25. The molecule has 0 aliphatic carbocycles. The van der Waals surface area contributed by atoms with E-state index in [2.05, 4.69) is 25.1 Å². The number of nitrogens with zero attached hydrogens (tertiary/aromatic N) is 3. The van der Waals surface area contributed by atoms with Crippen LogP contribution in [0.3, 0.4) is 0 Å². The molecule has 26 heavy (non-hydrogen) atoms. The molecule has 1 saturated heterocycles. The number of hydrogen-bond donors (Lipinski definition) is 2. The standard InChI is InChI=1S/C17H25N5O3S/c1-12-4-5-14(10-13(12)2)26(23,24)19-7-6-16-20-17(21-25-16)15-11-18-8-9-22(15)3/h4-5,10,15,18-19H,6-9,11H2,1-3H3. The summed E-state index contributed by atoms with van der Waals surface area (Å²) in [5.41, 5.74) is 2.00. The summed E-state index contributed by atoms with van der Waals surface area (Å²) >= 11 is 0. The lowest BCUT2D eigenvalue weighted by Gasteiger charge is -2.30. The second-order valence-electron chi connectivity index (χ2n) is 6.64. The van der Waals surface area contributed by atoms with E-state index in [0.717, 1.165) is 30.8 Å². The third-order valence-corrected chi connectivity index (χ3v) is 6.17. The van der Waals surface area contributed by atoms with Crippen LogP contribution in [0.15, 0.2) is 27.6 Å². The van der Waals surface area contributed by atoms with Gasteiger partial charge in [0.15, 0.2) is 5.82 Å². The van der Waals surface area contributed by atoms with Crippen LogP contribution in [-0.2, 0) is 16.4 Å². The minimum atomic E-state index is -3.55. The summed E-state index contributed by atoms with van der Waals surface area (Å²) < 4.78 is 32.6. The Hall–Kier alpha value is -1.81. The highest BCUT2D eigenvalue weighted by Crippen LogP contribution is 2.18. The Balaban J connectivity index is 1.58. The predicted octanol–water partition coefficient (Wildman–Crippen LogP) is 0.784. The van der Waals surface area contributed by atoms with E-state index in [-0.39, 0.29) is 17.5 Å². The first-order valence-corrected chi connectivity index (χ1v) is 10.2. The molecule has 1 aliphatic heterocycles. The van der Waals surface area contributed by atoms with Gasteiger partial charge in [-0.15, -0.1) is 0 Å². The van der Waals surface area contributed by atoms with Gasteiger partial charge in [0.05, 0.1) is 10.9 Å². The quantitative estimate of drug-likeness (QED) is 0.765. The summed E-state index contributed by atoms with van der Waals surface area (Å²) in [5, 5.41) is 7.35. The number of nitrogens with one attached hydrogen (secondary N) is 2. The first kappa shape index (κ1) is 19.0. The van der Waals surface area contributed by atoms with Gasteiger partial charge in [0.2, 0.25) is 15.9 Å². The van der Waals surface area contributed by atoms with Gasteiger partial charge < -0.3 is 9.84 Å². The fourth-order valence-electron chi connectivity index (χ4n) is 2.86. The largest absolute Gasteiger partial charge is 0.339 e. The molecular formula is C17H25N5O3S. The lowest BCUT2D eigenvalue weighted by Crippen LogP contribution is -2.44. The van der Waals surface area contributed by atoms with Gasteiger partial charge in [0.25, 0.3) is 0 Å². The smallest absolute Gasteiger partial charge is 0.240 e. The van der Waals surface area contributed by atoms with Gasteiger partial charge in [-0.1, -0.05) is 11.2 Å². The second-order valence-corrected chi connectivity index (χ2v) is 8.41. The molecule has 8 nitrogen and oxygen atoms in total. The van der Waals surface area contributed by atoms with Crippen molar-refractivity contribution in [2.24, 2.45) is 0 Å². The number of rotatable bonds is 6. The molecule has 1 unspecified atom stereocenters. The van der Waals surface area contributed by atoms with Crippen molar-refractivity contribution in [3.63, 3.8) is 0 Å². The molecule has 3 rings (SSSR count). The predicted molar refractivity (Wildman–Crippen MR) is 97.3 cm³/mol. The summed E-state index contributed by atoms with van der Waals surface area (Å²) in [5.74, 6) is 1.06. The van der Waals surface area contributed by atoms with Gasteiger partial charge in [0.1, 0.15) is 0 Å². The zero-order valence-corrected chi connectivity index (χ0v) is 16.1. The Morgan fingerprint density at radius 2 is 2.15 bits per heavy atom. The van der Waals surface area contributed by atoms with Crippen molar-refractivity contribution in [2.45, 2.75) is 31.2 Å². The number of aromatic nitrogens is 2. The van der Waals surface area contributed by atoms with Crippen molar-refractivity contribution in [1.29, 1.82) is 0 Å². The molecule has 1 aromatic heterocycles. The Morgan fingerprint density at radius 3 is 2.88 bits per heavy atom. The van der Waals surface area contributed by atoms with E-state index in [1.807, 2.05) is 27.0 Å². The molecule has 2 aromatic rings. The normalized spacial score (nSPS) is 19.0. The SMILES string of the molecule is Cc1ccc(S(=O)(=O)NCCc2nc(C3CNCCN3C)no2)cc1C. The molecule has 9 heteroatoms. The maximum Gasteiger partial charge on any atom is 0.240 e. The lowest BCUT2D eigenvalue weighted by molar-refractivity contribution is 0.190. The van der Waals surface area contributed by atoms with Gasteiger partial charge >= 0.3 is 0 Å². The van der Waals surface area contributed by atoms with Crippen LogP contribution in [-0.4, -0.2) is 56.7 Å². The summed E-state index contributed by atoms with van der Waals surface area (Å²) in [4.78, 5) is 6.85. The average Bonchev–Trinajstić information content (AvgIpc) is 3.06. The first-order valence-electron chi connectivity index (χ1n) is 8.67. The summed E-state index contributed by atoms with van der Waals surface area (Å²) in [7, 11) is -1.52. The van der Waals surface area contributed by atoms with Gasteiger partial charge in [-0.05, 0) is 44.2 Å². The van der Waals surface area contributed by atoms with E-state index in [9.17, 15) is 8.42 Å². The third kappa shape index (κ3) is 4.29.